The van der Waals surface area contributed by atoms with Crippen LogP contribution in [0.1, 0.15) is 17.1 Å². The molecule has 2 rings (SSSR count). The maximum Gasteiger partial charge on any atom is 0.451 e. The zero-order chi connectivity index (χ0) is 17.3. The van der Waals surface area contributed by atoms with Crippen molar-refractivity contribution in [1.29, 1.82) is 0 Å². The van der Waals surface area contributed by atoms with Gasteiger partial charge in [-0.3, -0.25) is 4.79 Å². The lowest BCUT2D eigenvalue weighted by Crippen LogP contribution is -2.15. The Morgan fingerprint density at radius 3 is 2.17 bits per heavy atom. The summed E-state index contributed by atoms with van der Waals surface area (Å²) in [5, 5.41) is 5.33. The van der Waals surface area contributed by atoms with Gasteiger partial charge in [0, 0.05) is 18.3 Å². The fourth-order valence-corrected chi connectivity index (χ4v) is 1.65. The van der Waals surface area contributed by atoms with E-state index in [2.05, 4.69) is 20.4 Å². The molecule has 1 N–H and O–H groups in total. The summed E-state index contributed by atoms with van der Waals surface area (Å²) < 4.78 is 76.3. The van der Waals surface area contributed by atoms with Gasteiger partial charge < -0.3 is 5.32 Å². The summed E-state index contributed by atoms with van der Waals surface area (Å²) in [5.74, 6) is -1.42. The van der Waals surface area contributed by atoms with Crippen LogP contribution in [0.5, 0.6) is 0 Å². The number of nitrogens with one attached hydrogen (secondary N) is 1. The molecule has 2 aromatic rings. The molecule has 1 amide bonds. The molecule has 6 nitrogen and oxygen atoms in total. The van der Waals surface area contributed by atoms with Crippen LogP contribution >= 0.6 is 0 Å². The van der Waals surface area contributed by atoms with Crippen LogP contribution in [-0.2, 0) is 23.7 Å². The van der Waals surface area contributed by atoms with E-state index in [1.807, 2.05) is 0 Å². The van der Waals surface area contributed by atoms with Crippen molar-refractivity contribution in [3.05, 3.63) is 35.7 Å². The predicted molar refractivity (Wildman–Crippen MR) is 62.1 cm³/mol. The normalized spacial score (nSPS) is 12.3. The number of nitrogens with zero attached hydrogens (tertiary/aromatic N) is 4. The first-order chi connectivity index (χ1) is 10.6. The summed E-state index contributed by atoms with van der Waals surface area (Å²) >= 11 is 0. The Hall–Kier alpha value is -2.66. The van der Waals surface area contributed by atoms with Crippen LogP contribution in [0.4, 0.5) is 26.3 Å². The molecule has 0 radical (unpaired) electrons. The van der Waals surface area contributed by atoms with E-state index in [1.165, 1.54) is 0 Å². The highest BCUT2D eigenvalue weighted by Crippen LogP contribution is 2.31. The van der Waals surface area contributed by atoms with Crippen LogP contribution in [0.2, 0.25) is 0 Å². The number of halogens is 6. The first kappa shape index (κ1) is 16.7. The van der Waals surface area contributed by atoms with Crippen LogP contribution in [0, 0.1) is 0 Å². The number of aromatic nitrogens is 4. The van der Waals surface area contributed by atoms with Crippen molar-refractivity contribution in [2.24, 2.45) is 0 Å². The maximum atomic E-state index is 12.9. The molecule has 0 aliphatic carbocycles. The van der Waals surface area contributed by atoms with Crippen molar-refractivity contribution >= 4 is 6.41 Å². The van der Waals surface area contributed by atoms with Crippen LogP contribution in [-0.4, -0.2) is 26.2 Å². The summed E-state index contributed by atoms with van der Waals surface area (Å²) in [6, 6.07) is 0. The van der Waals surface area contributed by atoms with Crippen molar-refractivity contribution in [1.82, 2.24) is 25.1 Å². The van der Waals surface area contributed by atoms with Gasteiger partial charge >= 0.3 is 12.4 Å². The van der Waals surface area contributed by atoms with Crippen molar-refractivity contribution in [2.75, 3.05) is 0 Å². The quantitative estimate of drug-likeness (QED) is 0.683. The second-order valence-electron chi connectivity index (χ2n) is 4.21. The Bertz CT molecular complexity index is 690. The molecule has 0 aliphatic heterocycles. The van der Waals surface area contributed by atoms with Gasteiger partial charge in [0.2, 0.25) is 12.2 Å². The van der Waals surface area contributed by atoms with Crippen molar-refractivity contribution in [3.63, 3.8) is 0 Å². The Labute approximate surface area is 124 Å². The van der Waals surface area contributed by atoms with Crippen molar-refractivity contribution in [2.45, 2.75) is 18.9 Å². The summed E-state index contributed by atoms with van der Waals surface area (Å²) in [6.07, 6.45) is -7.04. The third-order valence-corrected chi connectivity index (χ3v) is 2.59. The minimum Gasteiger partial charge on any atom is -0.354 e. The second kappa shape index (κ2) is 5.85. The van der Waals surface area contributed by atoms with E-state index < -0.39 is 30.4 Å². The lowest BCUT2D eigenvalue weighted by atomic mass is 10.2. The number of rotatable bonds is 4. The topological polar surface area (TPSA) is 72.7 Å². The minimum absolute atomic E-state index is 0.194. The number of alkyl halides is 6. The Morgan fingerprint density at radius 2 is 1.70 bits per heavy atom. The zero-order valence-electron chi connectivity index (χ0n) is 11.0. The predicted octanol–water partition coefficient (Wildman–Crippen LogP) is 1.95. The number of carbonyl (C=O) groups excluding carboxylic acids is 1. The molecule has 23 heavy (non-hydrogen) atoms. The van der Waals surface area contributed by atoms with Gasteiger partial charge in [0.05, 0.1) is 12.4 Å². The molecule has 0 aromatic carbocycles. The molecule has 0 fully saturated rings. The summed E-state index contributed by atoms with van der Waals surface area (Å²) in [6.45, 7) is -0.445. The Kier molecular flexibility index (Phi) is 4.25. The fourth-order valence-electron chi connectivity index (χ4n) is 1.65. The van der Waals surface area contributed by atoms with E-state index in [9.17, 15) is 31.1 Å². The highest BCUT2D eigenvalue weighted by molar-refractivity contribution is 5.46. The lowest BCUT2D eigenvalue weighted by molar-refractivity contribution is -0.145. The standard InChI is InChI=1S/C11H7F6N5O/c12-10(13,14)8-6(1-18-5-23)4-22(21-8)7-2-19-9(20-3-7)11(15,16)17/h2-5H,1H2,(H,18,23). The van der Waals surface area contributed by atoms with E-state index in [1.54, 1.807) is 0 Å². The number of hydrogen-bond donors (Lipinski definition) is 1. The molecule has 0 aliphatic rings. The molecular weight excluding hydrogens is 332 g/mol. The van der Waals surface area contributed by atoms with Crippen LogP contribution in [0.15, 0.2) is 18.6 Å². The SMILES string of the molecule is O=CNCc1cn(-c2cnc(C(F)(F)F)nc2)nc1C(F)(F)F. The third kappa shape index (κ3) is 3.76. The Morgan fingerprint density at radius 1 is 1.09 bits per heavy atom. The van der Waals surface area contributed by atoms with E-state index >= 15 is 0 Å². The maximum absolute atomic E-state index is 12.9. The fraction of sp³-hybridized carbons (Fsp3) is 0.273. The van der Waals surface area contributed by atoms with Crippen LogP contribution < -0.4 is 5.32 Å². The smallest absolute Gasteiger partial charge is 0.354 e. The molecule has 0 saturated heterocycles. The zero-order valence-corrected chi connectivity index (χ0v) is 11.0. The molecule has 12 heteroatoms. The van der Waals surface area contributed by atoms with Crippen LogP contribution in [0.25, 0.3) is 5.69 Å². The Balaban J connectivity index is 2.39. The van der Waals surface area contributed by atoms with Gasteiger partial charge in [-0.15, -0.1) is 0 Å². The molecule has 0 unspecified atom stereocenters. The van der Waals surface area contributed by atoms with E-state index in [-0.39, 0.29) is 17.7 Å². The highest BCUT2D eigenvalue weighted by atomic mass is 19.4. The summed E-state index contributed by atoms with van der Waals surface area (Å²) in [4.78, 5) is 16.3. The van der Waals surface area contributed by atoms with E-state index in [4.69, 9.17) is 0 Å². The average molecular weight is 339 g/mol. The molecule has 0 spiro atoms. The summed E-state index contributed by atoms with van der Waals surface area (Å²) in [5.41, 5.74) is -1.82. The van der Waals surface area contributed by atoms with Gasteiger partial charge in [-0.25, -0.2) is 14.6 Å². The molecule has 0 bridgehead atoms. The molecular formula is C11H7F6N5O. The monoisotopic (exact) mass is 339 g/mol. The average Bonchev–Trinajstić information content (AvgIpc) is 2.88. The van der Waals surface area contributed by atoms with Gasteiger partial charge in [0.15, 0.2) is 5.69 Å². The van der Waals surface area contributed by atoms with Crippen molar-refractivity contribution < 1.29 is 31.1 Å². The minimum atomic E-state index is -4.79. The van der Waals surface area contributed by atoms with Gasteiger partial charge in [-0.1, -0.05) is 0 Å². The van der Waals surface area contributed by atoms with Gasteiger partial charge in [0.1, 0.15) is 5.69 Å². The first-order valence-corrected chi connectivity index (χ1v) is 5.85. The third-order valence-electron chi connectivity index (χ3n) is 2.59. The lowest BCUT2D eigenvalue weighted by Gasteiger charge is -2.06. The largest absolute Gasteiger partial charge is 0.451 e. The second-order valence-corrected chi connectivity index (χ2v) is 4.21. The number of hydrogen-bond acceptors (Lipinski definition) is 4. The van der Waals surface area contributed by atoms with E-state index in [0.717, 1.165) is 6.20 Å². The molecule has 2 heterocycles. The molecule has 0 saturated carbocycles. The van der Waals surface area contributed by atoms with Gasteiger partial charge in [-0.05, 0) is 0 Å². The molecule has 2 aromatic heterocycles. The number of carbonyl (C=O) groups is 1. The van der Waals surface area contributed by atoms with E-state index in [0.29, 0.717) is 17.1 Å². The highest BCUT2D eigenvalue weighted by Gasteiger charge is 2.37. The summed E-state index contributed by atoms with van der Waals surface area (Å²) in [7, 11) is 0. The molecule has 0 atom stereocenters. The van der Waals surface area contributed by atoms with Crippen molar-refractivity contribution in [3.8, 4) is 5.69 Å². The van der Waals surface area contributed by atoms with Gasteiger partial charge in [-0.2, -0.15) is 31.4 Å². The van der Waals surface area contributed by atoms with Crippen LogP contribution in [0.3, 0.4) is 0 Å². The first-order valence-electron chi connectivity index (χ1n) is 5.85. The molecule has 124 valence electrons. The number of amides is 1. The van der Waals surface area contributed by atoms with Gasteiger partial charge in [0.25, 0.3) is 0 Å².